The molecule has 0 radical (unpaired) electrons. The Bertz CT molecular complexity index is 1000. The van der Waals surface area contributed by atoms with Gasteiger partial charge >= 0.3 is 0 Å². The van der Waals surface area contributed by atoms with Crippen LogP contribution in [0.3, 0.4) is 0 Å². The smallest absolute Gasteiger partial charge is 0.234 e. The molecule has 2 amide bonds. The number of amides is 2. The highest BCUT2D eigenvalue weighted by molar-refractivity contribution is 7.99. The Morgan fingerprint density at radius 1 is 1.04 bits per heavy atom. The Morgan fingerprint density at radius 3 is 2.39 bits per heavy atom. The molecule has 1 aromatic heterocycles. The number of hydrogen-bond acceptors (Lipinski definition) is 6. The van der Waals surface area contributed by atoms with Crippen LogP contribution in [0.25, 0.3) is 5.69 Å². The molecule has 2 N–H and O–H groups in total. The van der Waals surface area contributed by atoms with Crippen LogP contribution < -0.4 is 10.6 Å². The lowest BCUT2D eigenvalue weighted by Crippen LogP contribution is -2.15. The minimum atomic E-state index is -0.173. The molecule has 8 nitrogen and oxygen atoms in total. The zero-order chi connectivity index (χ0) is 20.1. The van der Waals surface area contributed by atoms with Crippen molar-refractivity contribution in [2.45, 2.75) is 25.9 Å². The average Bonchev–Trinajstić information content (AvgIpc) is 3.11. The third-order valence-electron chi connectivity index (χ3n) is 3.86. The van der Waals surface area contributed by atoms with Crippen molar-refractivity contribution in [3.63, 3.8) is 0 Å². The Labute approximate surface area is 166 Å². The van der Waals surface area contributed by atoms with Crippen molar-refractivity contribution in [3.8, 4) is 5.69 Å². The molecule has 0 fully saturated rings. The first kappa shape index (κ1) is 19.6. The summed E-state index contributed by atoms with van der Waals surface area (Å²) >= 11 is 1.26. The van der Waals surface area contributed by atoms with Gasteiger partial charge in [-0.1, -0.05) is 23.9 Å². The molecule has 0 saturated carbocycles. The van der Waals surface area contributed by atoms with E-state index < -0.39 is 0 Å². The molecular weight excluding hydrogens is 376 g/mol. The number of aromatic nitrogens is 4. The van der Waals surface area contributed by atoms with Crippen LogP contribution in [0.4, 0.5) is 11.4 Å². The van der Waals surface area contributed by atoms with Gasteiger partial charge in [-0.2, -0.15) is 4.68 Å². The van der Waals surface area contributed by atoms with Crippen LogP contribution in [0.1, 0.15) is 18.1 Å². The van der Waals surface area contributed by atoms with Crippen molar-refractivity contribution in [2.24, 2.45) is 0 Å². The van der Waals surface area contributed by atoms with Gasteiger partial charge in [0.2, 0.25) is 17.0 Å². The number of aryl methyl sites for hydroxylation is 2. The fourth-order valence-corrected chi connectivity index (χ4v) is 3.22. The fraction of sp³-hybridized carbons (Fsp3) is 0.211. The second kappa shape index (κ2) is 8.66. The first-order valence-corrected chi connectivity index (χ1v) is 9.57. The molecule has 1 heterocycles. The molecule has 144 valence electrons. The largest absolute Gasteiger partial charge is 0.326 e. The van der Waals surface area contributed by atoms with Crippen LogP contribution >= 0.6 is 11.8 Å². The van der Waals surface area contributed by atoms with E-state index in [0.29, 0.717) is 16.5 Å². The molecule has 0 bridgehead atoms. The van der Waals surface area contributed by atoms with Gasteiger partial charge in [0, 0.05) is 18.3 Å². The van der Waals surface area contributed by atoms with Gasteiger partial charge in [0.25, 0.3) is 0 Å². The van der Waals surface area contributed by atoms with Crippen LogP contribution in [-0.4, -0.2) is 37.8 Å². The Morgan fingerprint density at radius 2 is 1.71 bits per heavy atom. The van der Waals surface area contributed by atoms with E-state index in [-0.39, 0.29) is 17.6 Å². The van der Waals surface area contributed by atoms with E-state index in [9.17, 15) is 9.59 Å². The average molecular weight is 396 g/mol. The van der Waals surface area contributed by atoms with E-state index in [0.717, 1.165) is 16.8 Å². The van der Waals surface area contributed by atoms with E-state index in [2.05, 4.69) is 26.2 Å². The standard InChI is InChI=1S/C19H20N6O2S/c1-12-4-5-13(2)17(10-12)25-19(22-23-24-25)28-11-18(27)21-16-8-6-15(7-9-16)20-14(3)26/h4-10H,11H2,1-3H3,(H,20,26)(H,21,27). The molecule has 0 saturated heterocycles. The summed E-state index contributed by atoms with van der Waals surface area (Å²) in [5, 5.41) is 17.9. The van der Waals surface area contributed by atoms with Crippen LogP contribution in [0.5, 0.6) is 0 Å². The maximum Gasteiger partial charge on any atom is 0.234 e. The van der Waals surface area contributed by atoms with Crippen molar-refractivity contribution in [1.29, 1.82) is 0 Å². The van der Waals surface area contributed by atoms with Crippen molar-refractivity contribution in [3.05, 3.63) is 53.6 Å². The number of nitrogens with zero attached hydrogens (tertiary/aromatic N) is 4. The topological polar surface area (TPSA) is 102 Å². The highest BCUT2D eigenvalue weighted by atomic mass is 32.2. The molecule has 0 aliphatic rings. The third-order valence-corrected chi connectivity index (χ3v) is 4.77. The first-order valence-electron chi connectivity index (χ1n) is 8.58. The lowest BCUT2D eigenvalue weighted by molar-refractivity contribution is -0.114. The Balaban J connectivity index is 1.62. The van der Waals surface area contributed by atoms with Crippen LogP contribution in [0.2, 0.25) is 0 Å². The van der Waals surface area contributed by atoms with Gasteiger partial charge in [-0.3, -0.25) is 9.59 Å². The van der Waals surface area contributed by atoms with Crippen molar-refractivity contribution in [1.82, 2.24) is 20.2 Å². The summed E-state index contributed by atoms with van der Waals surface area (Å²) in [4.78, 5) is 23.3. The highest BCUT2D eigenvalue weighted by Crippen LogP contribution is 2.22. The SMILES string of the molecule is CC(=O)Nc1ccc(NC(=O)CSc2nnnn2-c2cc(C)ccc2C)cc1. The maximum atomic E-state index is 12.3. The molecule has 0 unspecified atom stereocenters. The number of benzene rings is 2. The lowest BCUT2D eigenvalue weighted by Gasteiger charge is -2.09. The van der Waals surface area contributed by atoms with Crippen molar-refractivity contribution in [2.75, 3.05) is 16.4 Å². The molecular formula is C19H20N6O2S. The van der Waals surface area contributed by atoms with Crippen LogP contribution in [-0.2, 0) is 9.59 Å². The third kappa shape index (κ3) is 4.95. The number of anilines is 2. The van der Waals surface area contributed by atoms with Gasteiger partial charge in [-0.25, -0.2) is 0 Å². The van der Waals surface area contributed by atoms with Crippen molar-refractivity contribution < 1.29 is 9.59 Å². The Hall–Kier alpha value is -3.20. The lowest BCUT2D eigenvalue weighted by atomic mass is 10.1. The quantitative estimate of drug-likeness (QED) is 0.621. The van der Waals surface area contributed by atoms with Crippen molar-refractivity contribution >= 4 is 35.0 Å². The van der Waals surface area contributed by atoms with Gasteiger partial charge in [-0.15, -0.1) is 5.10 Å². The summed E-state index contributed by atoms with van der Waals surface area (Å²) in [6.07, 6.45) is 0. The molecule has 0 aliphatic heterocycles. The summed E-state index contributed by atoms with van der Waals surface area (Å²) in [5.74, 6) is -0.152. The second-order valence-electron chi connectivity index (χ2n) is 6.26. The second-order valence-corrected chi connectivity index (χ2v) is 7.20. The number of nitrogens with one attached hydrogen (secondary N) is 2. The maximum absolute atomic E-state index is 12.3. The molecule has 28 heavy (non-hydrogen) atoms. The van der Waals surface area contributed by atoms with E-state index in [1.165, 1.54) is 18.7 Å². The predicted octanol–water partition coefficient (Wildman–Crippen LogP) is 2.97. The number of tetrazole rings is 1. The van der Waals surface area contributed by atoms with E-state index in [1.54, 1.807) is 28.9 Å². The number of hydrogen-bond donors (Lipinski definition) is 2. The molecule has 2 aromatic carbocycles. The minimum absolute atomic E-state index is 0.144. The van der Waals surface area contributed by atoms with E-state index >= 15 is 0 Å². The van der Waals surface area contributed by atoms with Crippen LogP contribution in [0, 0.1) is 13.8 Å². The van der Waals surface area contributed by atoms with Gasteiger partial charge in [0.1, 0.15) is 0 Å². The summed E-state index contributed by atoms with van der Waals surface area (Å²) in [6.45, 7) is 5.44. The molecule has 3 rings (SSSR count). The van der Waals surface area contributed by atoms with E-state index in [1.807, 2.05) is 32.0 Å². The molecule has 0 aliphatic carbocycles. The number of carbonyl (C=O) groups excluding carboxylic acids is 2. The van der Waals surface area contributed by atoms with E-state index in [4.69, 9.17) is 0 Å². The summed E-state index contributed by atoms with van der Waals surface area (Å²) in [7, 11) is 0. The zero-order valence-corrected chi connectivity index (χ0v) is 16.6. The van der Waals surface area contributed by atoms with Crippen LogP contribution in [0.15, 0.2) is 47.6 Å². The minimum Gasteiger partial charge on any atom is -0.326 e. The summed E-state index contributed by atoms with van der Waals surface area (Å²) < 4.78 is 1.64. The number of thioether (sulfide) groups is 1. The van der Waals surface area contributed by atoms with Gasteiger partial charge < -0.3 is 10.6 Å². The highest BCUT2D eigenvalue weighted by Gasteiger charge is 2.13. The summed E-state index contributed by atoms with van der Waals surface area (Å²) in [6, 6.07) is 13.0. The first-order chi connectivity index (χ1) is 13.4. The fourth-order valence-electron chi connectivity index (χ4n) is 2.54. The molecule has 0 spiro atoms. The predicted molar refractivity (Wildman–Crippen MR) is 109 cm³/mol. The normalized spacial score (nSPS) is 10.5. The molecule has 0 atom stereocenters. The molecule has 3 aromatic rings. The molecule has 9 heteroatoms. The Kier molecular flexibility index (Phi) is 6.05. The number of rotatable bonds is 6. The van der Waals surface area contributed by atoms with Gasteiger partial charge in [-0.05, 0) is 65.7 Å². The monoisotopic (exact) mass is 396 g/mol. The van der Waals surface area contributed by atoms with Gasteiger partial charge in [0.15, 0.2) is 0 Å². The zero-order valence-electron chi connectivity index (χ0n) is 15.8. The summed E-state index contributed by atoms with van der Waals surface area (Å²) in [5.41, 5.74) is 4.36. The van der Waals surface area contributed by atoms with Gasteiger partial charge in [0.05, 0.1) is 11.4 Å². The number of carbonyl (C=O) groups is 2.